The second-order valence-corrected chi connectivity index (χ2v) is 19.4. The van der Waals surface area contributed by atoms with Crippen molar-refractivity contribution in [1.82, 2.24) is 14.5 Å². The van der Waals surface area contributed by atoms with E-state index < -0.39 is 26.1 Å². The highest BCUT2D eigenvalue weighted by Gasteiger charge is 2.39. The minimum absolute atomic E-state index is 0.0395. The molecular weight excluding hydrogens is 601 g/mol. The number of nitrogens with one attached hydrogen (secondary N) is 1. The molecule has 44 heavy (non-hydrogen) atoms. The highest BCUT2D eigenvalue weighted by molar-refractivity contribution is 7.14. The fourth-order valence-corrected chi connectivity index (χ4v) is 6.85. The fourth-order valence-electron chi connectivity index (χ4n) is 4.93. The molecule has 1 atom stereocenters. The summed E-state index contributed by atoms with van der Waals surface area (Å²) in [5.74, 6) is -0.597. The molecule has 1 aliphatic heterocycles. The van der Waals surface area contributed by atoms with Crippen molar-refractivity contribution >= 4 is 48.5 Å². The number of para-hydroxylation sites is 2. The molecule has 0 bridgehead atoms. The summed E-state index contributed by atoms with van der Waals surface area (Å²) >= 11 is 0.738. The van der Waals surface area contributed by atoms with Gasteiger partial charge in [0.2, 0.25) is 5.95 Å². The quantitative estimate of drug-likeness (QED) is 0.138. The molecule has 0 unspecified atom stereocenters. The summed E-state index contributed by atoms with van der Waals surface area (Å²) in [6, 6.07) is 11.9. The molecule has 3 aromatic rings. The molecule has 0 aliphatic carbocycles. The standard InChI is InChI=1S/C32H41F2N5O3SSi/c1-31(2,3)44(6,7)42-20-32(4,5)17-21(18-35)29(41)38-16-10-11-22(38)19-39-24-13-9-8-12-23(24)36-30(39)37-28(40)26-15-14-25(43-26)27(33)34/h8-9,12-15,17,22,27H,10-11,16,19-20H2,1-7H3,(H,36,37,40)/b21-17+/t22-/m1/s1. The lowest BCUT2D eigenvalue weighted by molar-refractivity contribution is -0.127. The van der Waals surface area contributed by atoms with Crippen LogP contribution in [0.5, 0.6) is 0 Å². The van der Waals surface area contributed by atoms with Crippen molar-refractivity contribution in [2.45, 2.75) is 84.6 Å². The number of imidazole rings is 1. The fraction of sp³-hybridized carbons (Fsp3) is 0.500. The van der Waals surface area contributed by atoms with Crippen LogP contribution in [0, 0.1) is 16.7 Å². The lowest BCUT2D eigenvalue weighted by atomic mass is 9.91. The van der Waals surface area contributed by atoms with E-state index in [2.05, 4.69) is 50.2 Å². The normalized spacial score (nSPS) is 16.5. The number of nitrogens with zero attached hydrogens (tertiary/aromatic N) is 4. The Kier molecular flexibility index (Phi) is 9.83. The zero-order valence-corrected chi connectivity index (χ0v) is 28.2. The Balaban J connectivity index is 1.56. The Labute approximate surface area is 262 Å². The van der Waals surface area contributed by atoms with Gasteiger partial charge < -0.3 is 13.9 Å². The van der Waals surface area contributed by atoms with Crippen molar-refractivity contribution in [3.05, 3.63) is 57.8 Å². The van der Waals surface area contributed by atoms with Gasteiger partial charge in [-0.2, -0.15) is 5.26 Å². The van der Waals surface area contributed by atoms with Crippen LogP contribution in [-0.4, -0.2) is 53.8 Å². The highest BCUT2D eigenvalue weighted by atomic mass is 32.1. The number of aromatic nitrogens is 2. The van der Waals surface area contributed by atoms with Crippen LogP contribution in [0.3, 0.4) is 0 Å². The van der Waals surface area contributed by atoms with Gasteiger partial charge in [0.05, 0.1) is 26.8 Å². The van der Waals surface area contributed by atoms with E-state index in [4.69, 9.17) is 4.43 Å². The van der Waals surface area contributed by atoms with E-state index in [1.54, 1.807) is 11.0 Å². The van der Waals surface area contributed by atoms with Crippen LogP contribution >= 0.6 is 11.3 Å². The van der Waals surface area contributed by atoms with Crippen LogP contribution in [0.2, 0.25) is 18.1 Å². The number of carbonyl (C=O) groups excluding carboxylic acids is 2. The number of likely N-dealkylation sites (tertiary alicyclic amines) is 1. The largest absolute Gasteiger partial charge is 0.416 e. The minimum atomic E-state index is -2.65. The number of alkyl halides is 2. The van der Waals surface area contributed by atoms with Crippen molar-refractivity contribution in [2.24, 2.45) is 5.41 Å². The van der Waals surface area contributed by atoms with E-state index in [0.29, 0.717) is 31.6 Å². The molecular formula is C32H41F2N5O3SSi. The van der Waals surface area contributed by atoms with Gasteiger partial charge in [-0.15, -0.1) is 11.3 Å². The summed E-state index contributed by atoms with van der Waals surface area (Å²) in [7, 11) is -2.02. The number of hydrogen-bond donors (Lipinski definition) is 1. The van der Waals surface area contributed by atoms with Crippen molar-refractivity contribution in [3.63, 3.8) is 0 Å². The van der Waals surface area contributed by atoms with Gasteiger partial charge in [-0.25, -0.2) is 13.8 Å². The molecule has 2 aromatic heterocycles. The topological polar surface area (TPSA) is 100 Å². The number of hydrogen-bond acceptors (Lipinski definition) is 6. The zero-order chi connectivity index (χ0) is 32.4. The summed E-state index contributed by atoms with van der Waals surface area (Å²) in [6.07, 6.45) is 0.558. The molecule has 1 aromatic carbocycles. The van der Waals surface area contributed by atoms with Crippen LogP contribution in [0.25, 0.3) is 11.0 Å². The number of rotatable bonds is 10. The summed E-state index contributed by atoms with van der Waals surface area (Å²) in [5, 5.41) is 12.9. The summed E-state index contributed by atoms with van der Waals surface area (Å²) < 4.78 is 34.5. The Morgan fingerprint density at radius 2 is 1.91 bits per heavy atom. The monoisotopic (exact) mass is 641 g/mol. The van der Waals surface area contributed by atoms with E-state index in [1.807, 2.05) is 42.7 Å². The van der Waals surface area contributed by atoms with Crippen LogP contribution < -0.4 is 5.32 Å². The lowest BCUT2D eigenvalue weighted by Crippen LogP contribution is -2.43. The highest BCUT2D eigenvalue weighted by Crippen LogP contribution is 2.38. The first kappa shape index (κ1) is 33.5. The lowest BCUT2D eigenvalue weighted by Gasteiger charge is -2.38. The number of thiophene rings is 1. The first-order valence-electron chi connectivity index (χ1n) is 14.8. The first-order valence-corrected chi connectivity index (χ1v) is 18.5. The Bertz CT molecular complexity index is 1600. The average Bonchev–Trinajstić information content (AvgIpc) is 3.70. The van der Waals surface area contributed by atoms with Crippen LogP contribution in [0.4, 0.5) is 14.7 Å². The number of carbonyl (C=O) groups is 2. The molecule has 236 valence electrons. The van der Waals surface area contributed by atoms with Crippen molar-refractivity contribution in [3.8, 4) is 6.07 Å². The van der Waals surface area contributed by atoms with Crippen molar-refractivity contribution in [1.29, 1.82) is 5.26 Å². The predicted octanol–water partition coefficient (Wildman–Crippen LogP) is 7.78. The van der Waals surface area contributed by atoms with Gasteiger partial charge in [0.1, 0.15) is 11.6 Å². The van der Waals surface area contributed by atoms with Crippen molar-refractivity contribution in [2.75, 3.05) is 18.5 Å². The number of benzene rings is 1. The Hall–Kier alpha value is -3.40. The van der Waals surface area contributed by atoms with E-state index >= 15 is 0 Å². The average molecular weight is 642 g/mol. The molecule has 1 saturated heterocycles. The summed E-state index contributed by atoms with van der Waals surface area (Å²) in [4.78, 5) is 33.1. The number of fused-ring (bicyclic) bond motifs is 1. The molecule has 3 heterocycles. The van der Waals surface area contributed by atoms with Gasteiger partial charge >= 0.3 is 0 Å². The van der Waals surface area contributed by atoms with Crippen LogP contribution in [0.15, 0.2) is 48.0 Å². The smallest absolute Gasteiger partial charge is 0.272 e. The number of amides is 2. The molecule has 8 nitrogen and oxygen atoms in total. The van der Waals surface area contributed by atoms with Gasteiger partial charge in [0, 0.05) is 25.1 Å². The third-order valence-electron chi connectivity index (χ3n) is 8.47. The van der Waals surface area contributed by atoms with Gasteiger partial charge in [0.15, 0.2) is 8.32 Å². The summed E-state index contributed by atoms with van der Waals surface area (Å²) in [6.45, 7) is 16.0. The van der Waals surface area contributed by atoms with Gasteiger partial charge in [0.25, 0.3) is 18.2 Å². The molecule has 0 spiro atoms. The number of nitriles is 1. The van der Waals surface area contributed by atoms with Crippen molar-refractivity contribution < 1.29 is 22.8 Å². The predicted molar refractivity (Wildman–Crippen MR) is 172 cm³/mol. The van der Waals surface area contributed by atoms with Gasteiger partial charge in [-0.1, -0.05) is 52.8 Å². The SMILES string of the molecule is CC(C)(/C=C(\C#N)C(=O)N1CCC[C@@H]1Cn1c(NC(=O)c2ccc(C(F)F)s2)nc2ccccc21)CO[Si](C)(C)C(C)(C)C. The number of halogens is 2. The molecule has 1 fully saturated rings. The molecule has 0 saturated carbocycles. The maximum atomic E-state index is 13.8. The Morgan fingerprint density at radius 1 is 1.20 bits per heavy atom. The van der Waals surface area contributed by atoms with E-state index in [1.165, 1.54) is 12.1 Å². The van der Waals surface area contributed by atoms with Crippen LogP contribution in [0.1, 0.15) is 68.4 Å². The third-order valence-corrected chi connectivity index (χ3v) is 14.0. The molecule has 4 rings (SSSR count). The maximum absolute atomic E-state index is 13.8. The first-order chi connectivity index (χ1) is 20.5. The van der Waals surface area contributed by atoms with E-state index in [9.17, 15) is 23.6 Å². The molecule has 0 radical (unpaired) electrons. The third kappa shape index (κ3) is 7.45. The summed E-state index contributed by atoms with van der Waals surface area (Å²) in [5.41, 5.74) is 0.966. The molecule has 12 heteroatoms. The Morgan fingerprint density at radius 3 is 2.55 bits per heavy atom. The zero-order valence-electron chi connectivity index (χ0n) is 26.4. The van der Waals surface area contributed by atoms with Gasteiger partial charge in [-0.05, 0) is 55.2 Å². The molecule has 2 amide bonds. The molecule has 1 N–H and O–H groups in total. The minimum Gasteiger partial charge on any atom is -0.416 e. The second-order valence-electron chi connectivity index (χ2n) is 13.5. The van der Waals surface area contributed by atoms with Crippen LogP contribution in [-0.2, 0) is 15.8 Å². The maximum Gasteiger partial charge on any atom is 0.272 e. The second kappa shape index (κ2) is 12.9. The molecule has 1 aliphatic rings. The van der Waals surface area contributed by atoms with E-state index in [-0.39, 0.29) is 38.3 Å². The van der Waals surface area contributed by atoms with Gasteiger partial charge in [-0.3, -0.25) is 14.9 Å². The number of anilines is 1. The van der Waals surface area contributed by atoms with E-state index in [0.717, 1.165) is 23.3 Å².